The molecule has 0 fully saturated rings. The lowest BCUT2D eigenvalue weighted by atomic mass is 10.1. The maximum absolute atomic E-state index is 13.0. The van der Waals surface area contributed by atoms with Crippen molar-refractivity contribution in [1.29, 1.82) is 0 Å². The molecule has 146 valence electrons. The van der Waals surface area contributed by atoms with Crippen molar-refractivity contribution >= 4 is 27.2 Å². The van der Waals surface area contributed by atoms with Crippen LogP contribution in [0.2, 0.25) is 0 Å². The number of nitro benzene ring substituents is 1. The molecule has 0 spiro atoms. The molecule has 7 nitrogen and oxygen atoms in total. The van der Waals surface area contributed by atoms with E-state index in [1.165, 1.54) is 34.4 Å². The second kappa shape index (κ2) is 7.84. The van der Waals surface area contributed by atoms with Crippen molar-refractivity contribution in [2.45, 2.75) is 13.5 Å². The molecule has 0 unspecified atom stereocenters. The molecule has 2 heterocycles. The number of rotatable bonds is 6. The fourth-order valence-corrected chi connectivity index (χ4v) is 4.28. The van der Waals surface area contributed by atoms with Crippen LogP contribution in [0, 0.1) is 17.0 Å². The topological polar surface area (TPSA) is 87.3 Å². The monoisotopic (exact) mass is 407 g/mol. The van der Waals surface area contributed by atoms with Gasteiger partial charge in [-0.15, -0.1) is 11.3 Å². The molecule has 4 aromatic rings. The van der Waals surface area contributed by atoms with E-state index in [1.807, 2.05) is 37.3 Å². The van der Waals surface area contributed by atoms with Crippen molar-refractivity contribution in [2.24, 2.45) is 0 Å². The number of aromatic nitrogens is 2. The number of hydrogen-bond acceptors (Lipinski definition) is 6. The molecule has 8 heteroatoms. The number of hydrogen-bond donors (Lipinski definition) is 0. The maximum Gasteiger partial charge on any atom is 0.273 e. The van der Waals surface area contributed by atoms with Gasteiger partial charge in [-0.05, 0) is 24.1 Å². The molecule has 0 aliphatic rings. The van der Waals surface area contributed by atoms with Crippen molar-refractivity contribution in [3.05, 3.63) is 87.0 Å². The van der Waals surface area contributed by atoms with Crippen LogP contribution in [0.5, 0.6) is 5.75 Å². The van der Waals surface area contributed by atoms with Crippen LogP contribution >= 0.6 is 11.3 Å². The van der Waals surface area contributed by atoms with Gasteiger partial charge in [-0.1, -0.05) is 36.4 Å². The van der Waals surface area contributed by atoms with E-state index in [4.69, 9.17) is 4.74 Å². The number of nitrogens with zero attached hydrogens (tertiary/aromatic N) is 3. The van der Waals surface area contributed by atoms with Crippen LogP contribution in [0.1, 0.15) is 5.56 Å². The summed E-state index contributed by atoms with van der Waals surface area (Å²) < 4.78 is 7.09. The Morgan fingerprint density at radius 3 is 2.72 bits per heavy atom. The first-order valence-electron chi connectivity index (χ1n) is 8.96. The number of benzene rings is 2. The molecule has 4 rings (SSSR count). The number of thiophene rings is 1. The highest BCUT2D eigenvalue weighted by molar-refractivity contribution is 7.22. The lowest BCUT2D eigenvalue weighted by Crippen LogP contribution is -2.23. The van der Waals surface area contributed by atoms with Crippen LogP contribution in [-0.2, 0) is 6.54 Å². The zero-order valence-electron chi connectivity index (χ0n) is 15.6. The lowest BCUT2D eigenvalue weighted by molar-refractivity contribution is -0.384. The van der Waals surface area contributed by atoms with Gasteiger partial charge in [0.2, 0.25) is 0 Å². The standard InChI is InChI=1S/C21H17N3O4S/c1-14-18-20(29-19(14)15-6-3-2-4-7-15)22-13-23(21(18)25)10-11-28-17-9-5-8-16(12-17)24(26)27/h2-9,12-13H,10-11H2,1H3. The van der Waals surface area contributed by atoms with Gasteiger partial charge in [0.1, 0.15) is 17.2 Å². The van der Waals surface area contributed by atoms with Crippen LogP contribution in [0.25, 0.3) is 20.7 Å². The SMILES string of the molecule is Cc1c(-c2ccccc2)sc2ncn(CCOc3cccc([N+](=O)[O-])c3)c(=O)c12. The van der Waals surface area contributed by atoms with E-state index >= 15 is 0 Å². The van der Waals surface area contributed by atoms with Crippen molar-refractivity contribution in [1.82, 2.24) is 9.55 Å². The molecule has 2 aromatic carbocycles. The van der Waals surface area contributed by atoms with Crippen LogP contribution < -0.4 is 10.3 Å². The molecule has 0 saturated heterocycles. The summed E-state index contributed by atoms with van der Waals surface area (Å²) in [5.74, 6) is 0.388. The molecular formula is C21H17N3O4S. The van der Waals surface area contributed by atoms with Gasteiger partial charge in [0, 0.05) is 10.9 Å². The van der Waals surface area contributed by atoms with Crippen LogP contribution in [0.4, 0.5) is 5.69 Å². The van der Waals surface area contributed by atoms with Crippen LogP contribution in [0.15, 0.2) is 65.7 Å². The number of non-ortho nitro benzene ring substituents is 1. The Hall–Kier alpha value is -3.52. The van der Waals surface area contributed by atoms with E-state index < -0.39 is 4.92 Å². The maximum atomic E-state index is 13.0. The van der Waals surface area contributed by atoms with Gasteiger partial charge in [0.05, 0.1) is 29.2 Å². The second-order valence-corrected chi connectivity index (χ2v) is 7.45. The molecule has 2 aromatic heterocycles. The summed E-state index contributed by atoms with van der Waals surface area (Å²) in [4.78, 5) is 29.5. The molecule has 0 aliphatic carbocycles. The van der Waals surface area contributed by atoms with E-state index in [1.54, 1.807) is 12.1 Å². The Morgan fingerprint density at radius 1 is 1.17 bits per heavy atom. The summed E-state index contributed by atoms with van der Waals surface area (Å²) >= 11 is 1.51. The molecule has 0 amide bonds. The van der Waals surface area contributed by atoms with Gasteiger partial charge >= 0.3 is 0 Å². The summed E-state index contributed by atoms with van der Waals surface area (Å²) in [6.45, 7) is 2.43. The summed E-state index contributed by atoms with van der Waals surface area (Å²) in [7, 11) is 0. The molecule has 0 radical (unpaired) electrons. The Morgan fingerprint density at radius 2 is 1.97 bits per heavy atom. The van der Waals surface area contributed by atoms with Gasteiger partial charge in [0.15, 0.2) is 0 Å². The van der Waals surface area contributed by atoms with Crippen molar-refractivity contribution in [3.63, 3.8) is 0 Å². The Labute approximate surface area is 170 Å². The van der Waals surface area contributed by atoms with Crippen molar-refractivity contribution in [2.75, 3.05) is 6.61 Å². The van der Waals surface area contributed by atoms with E-state index in [0.29, 0.717) is 22.5 Å². The molecular weight excluding hydrogens is 390 g/mol. The minimum absolute atomic E-state index is 0.0370. The third-order valence-corrected chi connectivity index (χ3v) is 5.83. The van der Waals surface area contributed by atoms with Crippen molar-refractivity contribution < 1.29 is 9.66 Å². The largest absolute Gasteiger partial charge is 0.491 e. The van der Waals surface area contributed by atoms with Gasteiger partial charge in [-0.2, -0.15) is 0 Å². The highest BCUT2D eigenvalue weighted by Gasteiger charge is 2.15. The molecule has 0 atom stereocenters. The molecule has 29 heavy (non-hydrogen) atoms. The Balaban J connectivity index is 1.57. The number of ether oxygens (including phenoxy) is 1. The second-order valence-electron chi connectivity index (χ2n) is 6.45. The lowest BCUT2D eigenvalue weighted by Gasteiger charge is -2.08. The van der Waals surface area contributed by atoms with E-state index in [0.717, 1.165) is 16.0 Å². The third-order valence-electron chi connectivity index (χ3n) is 4.58. The Kier molecular flexibility index (Phi) is 5.09. The molecule has 0 N–H and O–H groups in total. The van der Waals surface area contributed by atoms with E-state index in [9.17, 15) is 14.9 Å². The van der Waals surface area contributed by atoms with Crippen molar-refractivity contribution in [3.8, 4) is 16.2 Å². The minimum atomic E-state index is -0.473. The minimum Gasteiger partial charge on any atom is -0.491 e. The highest BCUT2D eigenvalue weighted by atomic mass is 32.1. The smallest absolute Gasteiger partial charge is 0.273 e. The van der Waals surface area contributed by atoms with Crippen LogP contribution in [-0.4, -0.2) is 21.1 Å². The predicted molar refractivity (Wildman–Crippen MR) is 113 cm³/mol. The van der Waals surface area contributed by atoms with Gasteiger partial charge in [-0.3, -0.25) is 19.5 Å². The van der Waals surface area contributed by atoms with E-state index in [-0.39, 0.29) is 17.9 Å². The molecule has 0 saturated carbocycles. The number of fused-ring (bicyclic) bond motifs is 1. The summed E-state index contributed by atoms with van der Waals surface area (Å²) in [5, 5.41) is 11.5. The first-order chi connectivity index (χ1) is 14.0. The van der Waals surface area contributed by atoms with Gasteiger partial charge in [-0.25, -0.2) is 4.98 Å². The van der Waals surface area contributed by atoms with Gasteiger partial charge < -0.3 is 4.74 Å². The number of aryl methyl sites for hydroxylation is 1. The zero-order chi connectivity index (χ0) is 20.4. The molecule has 0 aliphatic heterocycles. The zero-order valence-corrected chi connectivity index (χ0v) is 16.4. The first kappa shape index (κ1) is 18.8. The Bertz CT molecular complexity index is 1250. The number of nitro groups is 1. The predicted octanol–water partition coefficient (Wildman–Crippen LogP) is 4.42. The summed E-state index contributed by atoms with van der Waals surface area (Å²) in [6.07, 6.45) is 1.52. The van der Waals surface area contributed by atoms with Gasteiger partial charge in [0.25, 0.3) is 11.2 Å². The fraction of sp³-hybridized carbons (Fsp3) is 0.143. The summed E-state index contributed by atoms with van der Waals surface area (Å²) in [6, 6.07) is 15.9. The fourth-order valence-electron chi connectivity index (χ4n) is 3.13. The first-order valence-corrected chi connectivity index (χ1v) is 9.77. The van der Waals surface area contributed by atoms with E-state index in [2.05, 4.69) is 4.98 Å². The average Bonchev–Trinajstić information content (AvgIpc) is 3.08. The third kappa shape index (κ3) is 3.74. The molecule has 0 bridgehead atoms. The normalized spacial score (nSPS) is 10.9. The van der Waals surface area contributed by atoms with Crippen LogP contribution in [0.3, 0.4) is 0 Å². The average molecular weight is 407 g/mol. The quantitative estimate of drug-likeness (QED) is 0.349. The highest BCUT2D eigenvalue weighted by Crippen LogP contribution is 2.35. The summed E-state index contributed by atoms with van der Waals surface area (Å²) in [5.41, 5.74) is 1.83.